The first-order valence-corrected chi connectivity index (χ1v) is 11.5. The van der Waals surface area contributed by atoms with Gasteiger partial charge >= 0.3 is 0 Å². The Bertz CT molecular complexity index is 1060. The maximum absolute atomic E-state index is 12.6. The van der Waals surface area contributed by atoms with Crippen LogP contribution in [-0.4, -0.2) is 42.1 Å². The molecule has 12 heteroatoms. The van der Waals surface area contributed by atoms with Crippen molar-refractivity contribution in [2.75, 3.05) is 18.5 Å². The van der Waals surface area contributed by atoms with Crippen molar-refractivity contribution in [2.24, 2.45) is 5.10 Å². The number of benzene rings is 2. The zero-order valence-corrected chi connectivity index (χ0v) is 18.9. The summed E-state index contributed by atoms with van der Waals surface area (Å²) < 4.78 is 27.5. The maximum Gasteiger partial charge on any atom is 0.295 e. The number of anilines is 1. The van der Waals surface area contributed by atoms with Crippen molar-refractivity contribution in [1.29, 1.82) is 0 Å². The molecule has 1 fully saturated rings. The van der Waals surface area contributed by atoms with E-state index in [2.05, 4.69) is 42.4 Å². The second-order valence-electron chi connectivity index (χ2n) is 6.25. The summed E-state index contributed by atoms with van der Waals surface area (Å²) in [5, 5.41) is 25.1. The van der Waals surface area contributed by atoms with Gasteiger partial charge < -0.3 is 5.11 Å². The lowest BCUT2D eigenvalue weighted by atomic mass is 10.2. The summed E-state index contributed by atoms with van der Waals surface area (Å²) in [6.45, 7) is 0.830. The second kappa shape index (κ2) is 8.78. The van der Waals surface area contributed by atoms with Crippen LogP contribution in [0.3, 0.4) is 0 Å². The molecule has 0 atom stereocenters. The van der Waals surface area contributed by atoms with Crippen LogP contribution in [0.4, 0.5) is 11.4 Å². The predicted octanol–water partition coefficient (Wildman–Crippen LogP) is 4.06. The van der Waals surface area contributed by atoms with Gasteiger partial charge in [0.25, 0.3) is 5.69 Å². The smallest absolute Gasteiger partial charge is 0.295 e. The van der Waals surface area contributed by atoms with Gasteiger partial charge in [0, 0.05) is 19.2 Å². The molecular weight excluding hydrogens is 532 g/mol. The molecule has 2 aromatic rings. The summed E-state index contributed by atoms with van der Waals surface area (Å²) in [7, 11) is -3.76. The van der Waals surface area contributed by atoms with Gasteiger partial charge in [0.2, 0.25) is 10.0 Å². The lowest BCUT2D eigenvalue weighted by Gasteiger charge is -2.15. The third-order valence-corrected chi connectivity index (χ3v) is 7.41. The summed E-state index contributed by atoms with van der Waals surface area (Å²) in [5.41, 5.74) is 2.85. The average molecular weight is 548 g/mol. The first-order valence-electron chi connectivity index (χ1n) is 8.46. The summed E-state index contributed by atoms with van der Waals surface area (Å²) in [4.78, 5) is 10.7. The highest BCUT2D eigenvalue weighted by Gasteiger charge is 2.29. The fraction of sp³-hybridized carbons (Fsp3) is 0.235. The lowest BCUT2D eigenvalue weighted by molar-refractivity contribution is -0.384. The summed E-state index contributed by atoms with van der Waals surface area (Å²) in [6, 6.07) is 6.92. The number of rotatable bonds is 6. The van der Waals surface area contributed by atoms with E-state index >= 15 is 0 Å². The van der Waals surface area contributed by atoms with Crippen molar-refractivity contribution >= 4 is 59.5 Å². The number of nitro groups is 1. The minimum Gasteiger partial charge on any atom is -0.506 e. The van der Waals surface area contributed by atoms with Crippen LogP contribution in [0, 0.1) is 10.1 Å². The van der Waals surface area contributed by atoms with Crippen molar-refractivity contribution in [3.8, 4) is 5.75 Å². The van der Waals surface area contributed by atoms with Gasteiger partial charge in [-0.2, -0.15) is 9.41 Å². The van der Waals surface area contributed by atoms with E-state index in [1.807, 2.05) is 0 Å². The summed E-state index contributed by atoms with van der Waals surface area (Å²) in [6.07, 6.45) is 2.96. The van der Waals surface area contributed by atoms with Gasteiger partial charge in [0.05, 0.1) is 25.0 Å². The molecule has 154 valence electrons. The Morgan fingerprint density at radius 3 is 2.38 bits per heavy atom. The Kier molecular flexibility index (Phi) is 6.56. The van der Waals surface area contributed by atoms with E-state index in [1.54, 1.807) is 12.1 Å². The average Bonchev–Trinajstić information content (AvgIpc) is 3.21. The molecule has 0 unspecified atom stereocenters. The SMILES string of the molecule is O=[N+]([O-])c1cc(S(=O)(=O)N2CCCC2)ccc1N/N=C/c1cc(Br)c(O)c(Br)c1. The van der Waals surface area contributed by atoms with E-state index in [1.165, 1.54) is 22.7 Å². The van der Waals surface area contributed by atoms with Gasteiger partial charge in [-0.25, -0.2) is 8.42 Å². The van der Waals surface area contributed by atoms with Crippen molar-refractivity contribution in [2.45, 2.75) is 17.7 Å². The molecule has 29 heavy (non-hydrogen) atoms. The number of nitro benzene ring substituents is 1. The van der Waals surface area contributed by atoms with E-state index in [4.69, 9.17) is 0 Å². The van der Waals surface area contributed by atoms with Crippen LogP contribution in [0.15, 0.2) is 49.3 Å². The molecule has 3 rings (SSSR count). The van der Waals surface area contributed by atoms with Gasteiger partial charge in [-0.1, -0.05) is 0 Å². The van der Waals surface area contributed by atoms with Gasteiger partial charge in [-0.15, -0.1) is 0 Å². The fourth-order valence-corrected chi connectivity index (χ4v) is 5.59. The molecule has 0 radical (unpaired) electrons. The van der Waals surface area contributed by atoms with Gasteiger partial charge in [0.1, 0.15) is 11.4 Å². The third-order valence-electron chi connectivity index (χ3n) is 4.31. The van der Waals surface area contributed by atoms with Gasteiger partial charge in [-0.05, 0) is 74.5 Å². The molecule has 2 aromatic carbocycles. The summed E-state index contributed by atoms with van der Waals surface area (Å²) in [5.74, 6) is 0.0422. The maximum atomic E-state index is 12.6. The normalized spacial score (nSPS) is 15.1. The molecule has 0 amide bonds. The molecular formula is C17H16Br2N4O5S. The first-order chi connectivity index (χ1) is 13.7. The van der Waals surface area contributed by atoms with Crippen LogP contribution in [0.1, 0.15) is 18.4 Å². The fourth-order valence-electron chi connectivity index (χ4n) is 2.83. The third kappa shape index (κ3) is 4.77. The van der Waals surface area contributed by atoms with Crippen molar-refractivity contribution < 1.29 is 18.4 Å². The van der Waals surface area contributed by atoms with Gasteiger partial charge in [0.15, 0.2) is 0 Å². The van der Waals surface area contributed by atoms with Crippen molar-refractivity contribution in [1.82, 2.24) is 4.31 Å². The van der Waals surface area contributed by atoms with E-state index in [-0.39, 0.29) is 16.3 Å². The van der Waals surface area contributed by atoms with Crippen LogP contribution < -0.4 is 5.43 Å². The standard InChI is InChI=1S/C17H16Br2N4O5S/c18-13-7-11(8-14(19)17(13)24)10-20-21-15-4-3-12(9-16(15)23(25)26)29(27,28)22-5-1-2-6-22/h3-4,7-10,21,24H,1-2,5-6H2/b20-10+. The van der Waals surface area contributed by atoms with Crippen molar-refractivity contribution in [3.63, 3.8) is 0 Å². The van der Waals surface area contributed by atoms with E-state index in [0.717, 1.165) is 18.9 Å². The lowest BCUT2D eigenvalue weighted by Crippen LogP contribution is -2.27. The number of hydrogen-bond donors (Lipinski definition) is 2. The number of halogens is 2. The quantitative estimate of drug-likeness (QED) is 0.319. The molecule has 0 aliphatic carbocycles. The Morgan fingerprint density at radius 1 is 1.17 bits per heavy atom. The van der Waals surface area contributed by atoms with E-state index in [0.29, 0.717) is 27.6 Å². The van der Waals surface area contributed by atoms with Crippen LogP contribution in [-0.2, 0) is 10.0 Å². The van der Waals surface area contributed by atoms with E-state index in [9.17, 15) is 23.6 Å². The molecule has 1 saturated heterocycles. The van der Waals surface area contributed by atoms with Crippen LogP contribution >= 0.6 is 31.9 Å². The minimum absolute atomic E-state index is 0.0422. The number of sulfonamides is 1. The predicted molar refractivity (Wildman–Crippen MR) is 116 cm³/mol. The Balaban J connectivity index is 1.85. The highest BCUT2D eigenvalue weighted by molar-refractivity contribution is 9.11. The van der Waals surface area contributed by atoms with Crippen LogP contribution in [0.2, 0.25) is 0 Å². The molecule has 0 saturated carbocycles. The zero-order valence-electron chi connectivity index (χ0n) is 14.9. The molecule has 1 heterocycles. The zero-order chi connectivity index (χ0) is 21.2. The molecule has 0 aromatic heterocycles. The highest BCUT2D eigenvalue weighted by Crippen LogP contribution is 2.33. The largest absolute Gasteiger partial charge is 0.506 e. The highest BCUT2D eigenvalue weighted by atomic mass is 79.9. The molecule has 1 aliphatic heterocycles. The Hall–Kier alpha value is -2.02. The van der Waals surface area contributed by atoms with Crippen molar-refractivity contribution in [3.05, 3.63) is 55.0 Å². The number of nitrogens with zero attached hydrogens (tertiary/aromatic N) is 3. The monoisotopic (exact) mass is 546 g/mol. The number of aromatic hydroxyl groups is 1. The van der Waals surface area contributed by atoms with Crippen LogP contribution in [0.5, 0.6) is 5.75 Å². The Morgan fingerprint density at radius 2 is 1.79 bits per heavy atom. The molecule has 0 spiro atoms. The topological polar surface area (TPSA) is 125 Å². The first kappa shape index (κ1) is 21.7. The number of nitrogens with one attached hydrogen (secondary N) is 1. The number of hydrogen-bond acceptors (Lipinski definition) is 7. The van der Waals surface area contributed by atoms with Gasteiger partial charge in [-0.3, -0.25) is 15.5 Å². The van der Waals surface area contributed by atoms with Crippen LogP contribution in [0.25, 0.3) is 0 Å². The molecule has 1 aliphatic rings. The molecule has 9 nitrogen and oxygen atoms in total. The second-order valence-corrected chi connectivity index (χ2v) is 9.90. The molecule has 2 N–H and O–H groups in total. The number of phenols is 1. The Labute approximate surface area is 183 Å². The number of hydrazone groups is 1. The van der Waals surface area contributed by atoms with E-state index < -0.39 is 20.6 Å². The summed E-state index contributed by atoms with van der Waals surface area (Å²) >= 11 is 6.41. The molecule has 0 bridgehead atoms. The number of phenolic OH excluding ortho intramolecular Hbond substituents is 1. The minimum atomic E-state index is -3.76.